The van der Waals surface area contributed by atoms with Crippen molar-refractivity contribution < 1.29 is 4.79 Å². The molecule has 0 atom stereocenters. The van der Waals surface area contributed by atoms with Gasteiger partial charge in [-0.05, 0) is 19.3 Å². The summed E-state index contributed by atoms with van der Waals surface area (Å²) in [6.45, 7) is 4.37. The van der Waals surface area contributed by atoms with Crippen LogP contribution >= 0.6 is 0 Å². The van der Waals surface area contributed by atoms with E-state index < -0.39 is 5.66 Å². The van der Waals surface area contributed by atoms with Crippen molar-refractivity contribution in [2.45, 2.75) is 103 Å². The summed E-state index contributed by atoms with van der Waals surface area (Å²) in [5, 5.41) is 0. The third-order valence-corrected chi connectivity index (χ3v) is 3.97. The Hall–Kier alpha value is -0.410. The minimum absolute atomic E-state index is 0.0413. The van der Waals surface area contributed by atoms with Gasteiger partial charge in [-0.1, -0.05) is 71.6 Å². The lowest BCUT2D eigenvalue weighted by Gasteiger charge is -2.22. The fraction of sp³-hybridized carbons (Fsp3) is 0.941. The first-order valence-corrected chi connectivity index (χ1v) is 8.65. The SMILES string of the molecule is CCCCCCCCCCC(=O)C(N)(N)CCCCC. The van der Waals surface area contributed by atoms with Crippen LogP contribution in [0.25, 0.3) is 0 Å². The minimum atomic E-state index is -1.09. The highest BCUT2D eigenvalue weighted by Crippen LogP contribution is 2.14. The third-order valence-electron chi connectivity index (χ3n) is 3.97. The summed E-state index contributed by atoms with van der Waals surface area (Å²) in [6, 6.07) is 0. The number of carbonyl (C=O) groups is 1. The van der Waals surface area contributed by atoms with Crippen molar-refractivity contribution in [3.8, 4) is 0 Å². The molecule has 0 saturated carbocycles. The number of rotatable bonds is 14. The molecule has 0 radical (unpaired) electrons. The largest absolute Gasteiger partial charge is 0.307 e. The van der Waals surface area contributed by atoms with E-state index in [2.05, 4.69) is 13.8 Å². The quantitative estimate of drug-likeness (QED) is 0.369. The summed E-state index contributed by atoms with van der Waals surface area (Å²) < 4.78 is 0. The molecule has 0 amide bonds. The van der Waals surface area contributed by atoms with Gasteiger partial charge in [0.05, 0.1) is 0 Å². The van der Waals surface area contributed by atoms with Gasteiger partial charge in [-0.2, -0.15) is 0 Å². The van der Waals surface area contributed by atoms with Crippen molar-refractivity contribution >= 4 is 5.78 Å². The fourth-order valence-electron chi connectivity index (χ4n) is 2.46. The molecule has 0 bridgehead atoms. The first-order chi connectivity index (χ1) is 9.54. The molecule has 3 heteroatoms. The van der Waals surface area contributed by atoms with Crippen LogP contribution in [0.1, 0.15) is 97.3 Å². The van der Waals surface area contributed by atoms with Gasteiger partial charge in [-0.25, -0.2) is 0 Å². The summed E-state index contributed by atoms with van der Waals surface area (Å²) in [5.41, 5.74) is 10.8. The molecule has 0 aromatic rings. The van der Waals surface area contributed by atoms with E-state index in [0.717, 1.165) is 32.1 Å². The monoisotopic (exact) mass is 284 g/mol. The fourth-order valence-corrected chi connectivity index (χ4v) is 2.46. The lowest BCUT2D eigenvalue weighted by Crippen LogP contribution is -2.56. The zero-order valence-corrected chi connectivity index (χ0v) is 13.8. The van der Waals surface area contributed by atoms with Gasteiger partial charge < -0.3 is 11.5 Å². The molecule has 0 spiro atoms. The van der Waals surface area contributed by atoms with E-state index in [1.165, 1.54) is 38.5 Å². The van der Waals surface area contributed by atoms with Gasteiger partial charge in [0.1, 0.15) is 5.66 Å². The van der Waals surface area contributed by atoms with Gasteiger partial charge in [-0.15, -0.1) is 0 Å². The van der Waals surface area contributed by atoms with Crippen LogP contribution in [0.4, 0.5) is 0 Å². The van der Waals surface area contributed by atoms with E-state index in [1.807, 2.05) is 0 Å². The topological polar surface area (TPSA) is 69.1 Å². The average Bonchev–Trinajstić information content (AvgIpc) is 2.41. The van der Waals surface area contributed by atoms with Gasteiger partial charge in [0.15, 0.2) is 5.78 Å². The second-order valence-corrected chi connectivity index (χ2v) is 6.15. The second-order valence-electron chi connectivity index (χ2n) is 6.15. The Morgan fingerprint density at radius 2 is 1.20 bits per heavy atom. The van der Waals surface area contributed by atoms with Crippen LogP contribution in [-0.4, -0.2) is 11.4 Å². The van der Waals surface area contributed by atoms with E-state index >= 15 is 0 Å². The maximum Gasteiger partial charge on any atom is 0.166 e. The standard InChI is InChI=1S/C17H36N2O/c1-3-5-7-8-9-10-11-12-14-16(20)17(18,19)15-13-6-4-2/h3-15,18-19H2,1-2H3. The van der Waals surface area contributed by atoms with E-state index in [9.17, 15) is 4.79 Å². The third kappa shape index (κ3) is 10.4. The van der Waals surface area contributed by atoms with Crippen molar-refractivity contribution in [1.82, 2.24) is 0 Å². The maximum atomic E-state index is 12.0. The number of ketones is 1. The Morgan fingerprint density at radius 3 is 1.75 bits per heavy atom. The highest BCUT2D eigenvalue weighted by molar-refractivity contribution is 5.87. The summed E-state index contributed by atoms with van der Waals surface area (Å²) in [5.74, 6) is 0.0413. The number of hydrogen-bond donors (Lipinski definition) is 2. The summed E-state index contributed by atoms with van der Waals surface area (Å²) in [4.78, 5) is 12.0. The van der Waals surface area contributed by atoms with Crippen LogP contribution in [0.5, 0.6) is 0 Å². The van der Waals surface area contributed by atoms with Crippen molar-refractivity contribution in [2.24, 2.45) is 11.5 Å². The summed E-state index contributed by atoms with van der Waals surface area (Å²) in [7, 11) is 0. The number of hydrogen-bond acceptors (Lipinski definition) is 3. The van der Waals surface area contributed by atoms with Crippen LogP contribution in [0.15, 0.2) is 0 Å². The smallest absolute Gasteiger partial charge is 0.166 e. The molecule has 0 heterocycles. The van der Waals surface area contributed by atoms with Crippen LogP contribution in [-0.2, 0) is 4.79 Å². The van der Waals surface area contributed by atoms with Crippen LogP contribution in [0, 0.1) is 0 Å². The molecular weight excluding hydrogens is 248 g/mol. The van der Waals surface area contributed by atoms with Crippen molar-refractivity contribution in [1.29, 1.82) is 0 Å². The van der Waals surface area contributed by atoms with E-state index in [-0.39, 0.29) is 5.78 Å². The van der Waals surface area contributed by atoms with Crippen molar-refractivity contribution in [3.05, 3.63) is 0 Å². The molecule has 0 aliphatic heterocycles. The van der Waals surface area contributed by atoms with Crippen LogP contribution in [0.3, 0.4) is 0 Å². The minimum Gasteiger partial charge on any atom is -0.307 e. The Balaban J connectivity index is 3.55. The first-order valence-electron chi connectivity index (χ1n) is 8.65. The zero-order valence-electron chi connectivity index (χ0n) is 13.8. The molecule has 0 aliphatic carbocycles. The predicted octanol–water partition coefficient (Wildman–Crippen LogP) is 4.28. The normalized spacial score (nSPS) is 11.8. The highest BCUT2D eigenvalue weighted by atomic mass is 16.1. The van der Waals surface area contributed by atoms with E-state index in [0.29, 0.717) is 12.8 Å². The summed E-state index contributed by atoms with van der Waals surface area (Å²) >= 11 is 0. The maximum absolute atomic E-state index is 12.0. The van der Waals surface area contributed by atoms with Crippen molar-refractivity contribution in [3.63, 3.8) is 0 Å². The average molecular weight is 284 g/mol. The van der Waals surface area contributed by atoms with Crippen LogP contribution < -0.4 is 11.5 Å². The van der Waals surface area contributed by atoms with E-state index in [1.54, 1.807) is 0 Å². The number of nitrogens with two attached hydrogens (primary N) is 2. The molecule has 0 aromatic heterocycles. The Morgan fingerprint density at radius 1 is 0.750 bits per heavy atom. The molecule has 0 aromatic carbocycles. The molecule has 3 nitrogen and oxygen atoms in total. The Kier molecular flexibility index (Phi) is 12.1. The Bertz CT molecular complexity index is 239. The van der Waals surface area contributed by atoms with E-state index in [4.69, 9.17) is 11.5 Å². The predicted molar refractivity (Wildman–Crippen MR) is 87.5 cm³/mol. The molecule has 0 fully saturated rings. The number of unbranched alkanes of at least 4 members (excludes halogenated alkanes) is 9. The molecule has 0 rings (SSSR count). The van der Waals surface area contributed by atoms with Gasteiger partial charge in [0.25, 0.3) is 0 Å². The zero-order chi connectivity index (χ0) is 15.3. The first kappa shape index (κ1) is 19.6. The summed E-state index contributed by atoms with van der Waals surface area (Å²) in [6.07, 6.45) is 14.3. The molecule has 120 valence electrons. The van der Waals surface area contributed by atoms with Gasteiger partial charge >= 0.3 is 0 Å². The second kappa shape index (κ2) is 12.3. The van der Waals surface area contributed by atoms with Crippen LogP contribution in [0.2, 0.25) is 0 Å². The van der Waals surface area contributed by atoms with Gasteiger partial charge in [0.2, 0.25) is 0 Å². The Labute approximate surface area is 125 Å². The molecule has 0 aliphatic rings. The molecule has 0 saturated heterocycles. The number of carbonyl (C=O) groups excluding carboxylic acids is 1. The molecule has 0 unspecified atom stereocenters. The van der Waals surface area contributed by atoms with Gasteiger partial charge in [-0.3, -0.25) is 4.79 Å². The lowest BCUT2D eigenvalue weighted by molar-refractivity contribution is -0.124. The highest BCUT2D eigenvalue weighted by Gasteiger charge is 2.27. The molecule has 4 N–H and O–H groups in total. The van der Waals surface area contributed by atoms with Gasteiger partial charge in [0, 0.05) is 6.42 Å². The lowest BCUT2D eigenvalue weighted by atomic mass is 9.95. The van der Waals surface area contributed by atoms with Crippen molar-refractivity contribution in [2.75, 3.05) is 0 Å². The molecular formula is C17H36N2O. The molecule has 20 heavy (non-hydrogen) atoms. The number of Topliss-reactive ketones (excluding diaryl/α,β-unsaturated/α-hetero) is 1.